The number of benzene rings is 1. The van der Waals surface area contributed by atoms with Crippen LogP contribution >= 0.6 is 23.2 Å². The Balaban J connectivity index is 3.22. The molecule has 0 N–H and O–H groups in total. The van der Waals surface area contributed by atoms with Gasteiger partial charge in [-0.1, -0.05) is 50.0 Å². The molecule has 0 spiro atoms. The van der Waals surface area contributed by atoms with E-state index >= 15 is 0 Å². The average Bonchev–Trinajstić information content (AvgIpc) is 2.07. The summed E-state index contributed by atoms with van der Waals surface area (Å²) in [6.07, 6.45) is 0. The highest BCUT2D eigenvalue weighted by Gasteiger charge is 2.50. The van der Waals surface area contributed by atoms with E-state index in [9.17, 15) is 8.22 Å². The zero-order valence-electron chi connectivity index (χ0n) is 8.74. The van der Waals surface area contributed by atoms with E-state index in [1.54, 1.807) is 20.8 Å². The molecule has 84 valence electrons. The van der Waals surface area contributed by atoms with Crippen LogP contribution in [0, 0.1) is 0 Å². The van der Waals surface area contributed by atoms with Gasteiger partial charge in [0.1, 0.15) is 0 Å². The zero-order valence-corrected chi connectivity index (χ0v) is 11.3. The molecule has 1 rings (SSSR count). The van der Waals surface area contributed by atoms with Gasteiger partial charge >= 0.3 is 8.74 Å². The van der Waals surface area contributed by atoms with Gasteiger partial charge in [0.25, 0.3) is 0 Å². The summed E-state index contributed by atoms with van der Waals surface area (Å²) in [5.74, 6) is 0. The SMILES string of the molecule is CC(C)(C)[Si](F)(F)c1ccc(Cl)c(Cl)c1. The van der Waals surface area contributed by atoms with Crippen LogP contribution in [0.5, 0.6) is 0 Å². The van der Waals surface area contributed by atoms with Crippen molar-refractivity contribution in [3.05, 3.63) is 28.2 Å². The van der Waals surface area contributed by atoms with Gasteiger partial charge in [-0.3, -0.25) is 8.22 Å². The highest BCUT2D eigenvalue weighted by molar-refractivity contribution is 6.82. The van der Waals surface area contributed by atoms with Crippen LogP contribution < -0.4 is 5.19 Å². The summed E-state index contributed by atoms with van der Waals surface area (Å²) < 4.78 is 28.0. The second kappa shape index (κ2) is 4.04. The highest BCUT2D eigenvalue weighted by Crippen LogP contribution is 2.38. The summed E-state index contributed by atoms with van der Waals surface area (Å²) in [6, 6.07) is 4.07. The molecule has 0 amide bonds. The lowest BCUT2D eigenvalue weighted by Crippen LogP contribution is -2.47. The lowest BCUT2D eigenvalue weighted by Gasteiger charge is -2.27. The van der Waals surface area contributed by atoms with Gasteiger partial charge in [-0.15, -0.1) is 0 Å². The van der Waals surface area contributed by atoms with Crippen molar-refractivity contribution in [3.8, 4) is 0 Å². The monoisotopic (exact) mass is 268 g/mol. The molecule has 0 saturated heterocycles. The Morgan fingerprint density at radius 2 is 1.60 bits per heavy atom. The number of hydrogen-bond donors (Lipinski definition) is 0. The van der Waals surface area contributed by atoms with Gasteiger partial charge in [0.15, 0.2) is 0 Å². The van der Waals surface area contributed by atoms with Crippen LogP contribution in [-0.2, 0) is 0 Å². The Bertz CT molecular complexity index is 372. The maximum absolute atomic E-state index is 14.0. The number of hydrogen-bond acceptors (Lipinski definition) is 0. The molecule has 5 heteroatoms. The third kappa shape index (κ3) is 2.52. The molecule has 15 heavy (non-hydrogen) atoms. The van der Waals surface area contributed by atoms with E-state index in [-0.39, 0.29) is 10.2 Å². The third-order valence-corrected chi connectivity index (χ3v) is 5.88. The molecule has 0 aliphatic heterocycles. The Hall–Kier alpha value is -0.123. The van der Waals surface area contributed by atoms with Crippen molar-refractivity contribution in [2.24, 2.45) is 0 Å². The van der Waals surface area contributed by atoms with Gasteiger partial charge in [0, 0.05) is 10.2 Å². The van der Waals surface area contributed by atoms with Crippen LogP contribution in [0.2, 0.25) is 15.1 Å². The van der Waals surface area contributed by atoms with Gasteiger partial charge in [-0.2, -0.15) is 0 Å². The first-order chi connectivity index (χ1) is 6.66. The van der Waals surface area contributed by atoms with E-state index < -0.39 is 13.8 Å². The van der Waals surface area contributed by atoms with Crippen LogP contribution in [0.25, 0.3) is 0 Å². The summed E-state index contributed by atoms with van der Waals surface area (Å²) in [5, 5.41) is -0.487. The van der Waals surface area contributed by atoms with E-state index in [4.69, 9.17) is 23.2 Å². The Morgan fingerprint density at radius 1 is 1.07 bits per heavy atom. The molecule has 0 aliphatic rings. The van der Waals surface area contributed by atoms with E-state index in [0.717, 1.165) is 0 Å². The van der Waals surface area contributed by atoms with Crippen LogP contribution in [0.3, 0.4) is 0 Å². The number of halogens is 4. The fraction of sp³-hybridized carbons (Fsp3) is 0.400. The minimum absolute atomic E-state index is 0.0319. The maximum atomic E-state index is 14.0. The first kappa shape index (κ1) is 12.9. The van der Waals surface area contributed by atoms with Gasteiger partial charge in [-0.05, 0) is 12.1 Å². The maximum Gasteiger partial charge on any atom is 0.460 e. The lowest BCUT2D eigenvalue weighted by atomic mass is 10.2. The molecule has 0 bridgehead atoms. The second-order valence-electron chi connectivity index (χ2n) is 4.45. The molecule has 1 aromatic rings. The van der Waals surface area contributed by atoms with Crippen molar-refractivity contribution >= 4 is 37.1 Å². The summed E-state index contributed by atoms with van der Waals surface area (Å²) in [5.41, 5.74) is 0. The van der Waals surface area contributed by atoms with Gasteiger partial charge in [0.05, 0.1) is 10.0 Å². The van der Waals surface area contributed by atoms with Crippen molar-refractivity contribution in [2.45, 2.75) is 25.8 Å². The smallest absolute Gasteiger partial charge is 0.264 e. The molecule has 0 fully saturated rings. The van der Waals surface area contributed by atoms with Crippen LogP contribution in [0.15, 0.2) is 18.2 Å². The minimum Gasteiger partial charge on any atom is -0.264 e. The van der Waals surface area contributed by atoms with Crippen molar-refractivity contribution in [1.29, 1.82) is 0 Å². The highest BCUT2D eigenvalue weighted by atomic mass is 35.5. The van der Waals surface area contributed by atoms with Crippen molar-refractivity contribution < 1.29 is 8.22 Å². The van der Waals surface area contributed by atoms with Gasteiger partial charge in [0.2, 0.25) is 0 Å². The molecule has 0 heterocycles. The number of rotatable bonds is 1. The largest absolute Gasteiger partial charge is 0.460 e. The Labute approximate surface area is 99.6 Å². The van der Waals surface area contributed by atoms with E-state index in [1.165, 1.54) is 18.2 Å². The summed E-state index contributed by atoms with van der Waals surface area (Å²) in [4.78, 5) is 0. The molecule has 0 atom stereocenters. The molecular formula is C10H12Cl2F2Si. The van der Waals surface area contributed by atoms with Crippen LogP contribution in [0.4, 0.5) is 8.22 Å². The molecule has 0 aliphatic carbocycles. The Morgan fingerprint density at radius 3 is 2.00 bits per heavy atom. The normalized spacial score (nSPS) is 13.0. The van der Waals surface area contributed by atoms with E-state index in [2.05, 4.69) is 0 Å². The lowest BCUT2D eigenvalue weighted by molar-refractivity contribution is 0.519. The fourth-order valence-corrected chi connectivity index (χ4v) is 3.00. The zero-order chi connectivity index (χ0) is 11.9. The van der Waals surface area contributed by atoms with Gasteiger partial charge < -0.3 is 0 Å². The second-order valence-corrected chi connectivity index (χ2v) is 8.49. The molecule has 0 aromatic heterocycles. The summed E-state index contributed by atoms with van der Waals surface area (Å²) >= 11 is 11.4. The predicted molar refractivity (Wildman–Crippen MR) is 63.8 cm³/mol. The van der Waals surface area contributed by atoms with Crippen molar-refractivity contribution in [2.75, 3.05) is 0 Å². The third-order valence-electron chi connectivity index (χ3n) is 2.22. The predicted octanol–water partition coefficient (Wildman–Crippen LogP) is 4.38. The van der Waals surface area contributed by atoms with Crippen LogP contribution in [-0.4, -0.2) is 8.74 Å². The molecule has 1 aromatic carbocycles. The summed E-state index contributed by atoms with van der Waals surface area (Å²) in [7, 11) is -4.48. The fourth-order valence-electron chi connectivity index (χ4n) is 1.12. The van der Waals surface area contributed by atoms with Crippen molar-refractivity contribution in [1.82, 2.24) is 0 Å². The molecular weight excluding hydrogens is 257 g/mol. The van der Waals surface area contributed by atoms with Gasteiger partial charge in [-0.25, -0.2) is 0 Å². The molecule has 0 unspecified atom stereocenters. The standard InChI is InChI=1S/C10H12Cl2F2Si/c1-10(2,3)15(13,14)7-4-5-8(11)9(12)6-7/h4-6H,1-3H3. The molecule has 0 nitrogen and oxygen atoms in total. The Kier molecular flexibility index (Phi) is 3.48. The first-order valence-corrected chi connectivity index (χ1v) is 7.01. The molecule has 0 radical (unpaired) electrons. The van der Waals surface area contributed by atoms with Crippen molar-refractivity contribution in [3.63, 3.8) is 0 Å². The summed E-state index contributed by atoms with van der Waals surface area (Å²) in [6.45, 7) is 4.63. The van der Waals surface area contributed by atoms with E-state index in [1.807, 2.05) is 0 Å². The quantitative estimate of drug-likeness (QED) is 0.524. The molecule has 0 saturated carbocycles. The minimum atomic E-state index is -4.48. The van der Waals surface area contributed by atoms with E-state index in [0.29, 0.717) is 5.02 Å². The first-order valence-electron chi connectivity index (χ1n) is 4.49. The average molecular weight is 269 g/mol. The van der Waals surface area contributed by atoms with Crippen LogP contribution in [0.1, 0.15) is 20.8 Å². The topological polar surface area (TPSA) is 0 Å².